The molecule has 13 nitrogen and oxygen atoms in total. The molecule has 0 unspecified atom stereocenters. The maximum atomic E-state index is 13.4. The highest BCUT2D eigenvalue weighted by Crippen LogP contribution is 2.33. The van der Waals surface area contributed by atoms with Gasteiger partial charge in [-0.3, -0.25) is 14.4 Å². The maximum Gasteiger partial charge on any atom is 0.326 e. The second kappa shape index (κ2) is 19.4. The summed E-state index contributed by atoms with van der Waals surface area (Å²) < 4.78 is 0. The third-order valence-electron chi connectivity index (χ3n) is 8.98. The number of amides is 4. The summed E-state index contributed by atoms with van der Waals surface area (Å²) in [5, 5.41) is 39.9. The van der Waals surface area contributed by atoms with Crippen LogP contribution in [0.2, 0.25) is 0 Å². The quantitative estimate of drug-likeness (QED) is 0.106. The summed E-state index contributed by atoms with van der Waals surface area (Å²) in [6.45, 7) is 4.63. The number of carbonyl (C=O) groups excluding carboxylic acids is 3. The molecule has 0 heterocycles. The number of hydrogen-bond donors (Lipinski definition) is 7. The van der Waals surface area contributed by atoms with Gasteiger partial charge >= 0.3 is 23.9 Å². The normalized spacial score (nSPS) is 17.8. The number of nitrogens with one attached hydrogen (secondary N) is 4. The molecule has 3 rings (SSSR count). The first kappa shape index (κ1) is 38.8. The zero-order chi connectivity index (χ0) is 35.9. The summed E-state index contributed by atoms with van der Waals surface area (Å²) in [6.07, 6.45) is 4.87. The van der Waals surface area contributed by atoms with Gasteiger partial charge in [-0.05, 0) is 86.0 Å². The lowest BCUT2D eigenvalue weighted by molar-refractivity contribution is -0.141. The van der Waals surface area contributed by atoms with Crippen LogP contribution in [0.3, 0.4) is 0 Å². The van der Waals surface area contributed by atoms with E-state index >= 15 is 0 Å². The number of hydrogen-bond acceptors (Lipinski definition) is 6. The Kier molecular flexibility index (Phi) is 15.3. The maximum absolute atomic E-state index is 13.4. The monoisotopic (exact) mass is 682 g/mol. The minimum Gasteiger partial charge on any atom is -0.481 e. The van der Waals surface area contributed by atoms with Crippen molar-refractivity contribution in [2.75, 3.05) is 6.54 Å². The lowest BCUT2D eigenvalue weighted by Crippen LogP contribution is -2.51. The number of benzene rings is 2. The molecule has 2 aromatic rings. The molecule has 2 aromatic carbocycles. The first-order valence-corrected chi connectivity index (χ1v) is 17.1. The lowest BCUT2D eigenvalue weighted by Gasteiger charge is -2.30. The van der Waals surface area contributed by atoms with E-state index in [9.17, 15) is 39.0 Å². The molecule has 3 atom stereocenters. The molecule has 0 bridgehead atoms. The molecular formula is C36H50N4O9. The van der Waals surface area contributed by atoms with Gasteiger partial charge in [-0.1, -0.05) is 56.3 Å². The summed E-state index contributed by atoms with van der Waals surface area (Å²) in [4.78, 5) is 72.9. The third kappa shape index (κ3) is 13.4. The van der Waals surface area contributed by atoms with Gasteiger partial charge in [0, 0.05) is 25.3 Å². The Bertz CT molecular complexity index is 1460. The van der Waals surface area contributed by atoms with E-state index < -0.39 is 48.5 Å². The van der Waals surface area contributed by atoms with Crippen LogP contribution in [0.5, 0.6) is 0 Å². The zero-order valence-electron chi connectivity index (χ0n) is 28.3. The van der Waals surface area contributed by atoms with Crippen molar-refractivity contribution in [3.63, 3.8) is 0 Å². The topological polar surface area (TPSA) is 211 Å². The van der Waals surface area contributed by atoms with E-state index in [0.717, 1.165) is 48.4 Å². The molecule has 268 valence electrons. The van der Waals surface area contributed by atoms with Crippen LogP contribution in [0, 0.1) is 17.8 Å². The van der Waals surface area contributed by atoms with E-state index in [4.69, 9.17) is 5.11 Å². The highest BCUT2D eigenvalue weighted by molar-refractivity contribution is 5.89. The largest absolute Gasteiger partial charge is 0.481 e. The van der Waals surface area contributed by atoms with Crippen molar-refractivity contribution in [2.45, 2.75) is 103 Å². The van der Waals surface area contributed by atoms with E-state index in [0.29, 0.717) is 31.1 Å². The smallest absolute Gasteiger partial charge is 0.326 e. The van der Waals surface area contributed by atoms with Crippen molar-refractivity contribution < 1.29 is 44.1 Å². The van der Waals surface area contributed by atoms with Crippen molar-refractivity contribution in [1.82, 2.24) is 21.3 Å². The minimum atomic E-state index is -1.50. The molecule has 0 aliphatic heterocycles. The van der Waals surface area contributed by atoms with E-state index in [1.165, 1.54) is 0 Å². The van der Waals surface area contributed by atoms with Crippen LogP contribution in [-0.2, 0) is 30.4 Å². The summed E-state index contributed by atoms with van der Waals surface area (Å²) in [7, 11) is 0. The number of urea groups is 1. The van der Waals surface area contributed by atoms with E-state index in [-0.39, 0.29) is 37.1 Å². The lowest BCUT2D eigenvalue weighted by atomic mass is 9.78. The molecule has 0 radical (unpaired) electrons. The van der Waals surface area contributed by atoms with Gasteiger partial charge in [0.05, 0.1) is 0 Å². The predicted octanol–water partition coefficient (Wildman–Crippen LogP) is 4.08. The fourth-order valence-electron chi connectivity index (χ4n) is 6.38. The molecule has 0 aromatic heterocycles. The van der Waals surface area contributed by atoms with E-state index in [2.05, 4.69) is 35.1 Å². The highest BCUT2D eigenvalue weighted by Gasteiger charge is 2.30. The van der Waals surface area contributed by atoms with Crippen LogP contribution in [0.25, 0.3) is 10.8 Å². The summed E-state index contributed by atoms with van der Waals surface area (Å²) in [6, 6.07) is 9.18. The summed E-state index contributed by atoms with van der Waals surface area (Å²) in [5.41, 5.74) is 0.904. The molecule has 13 heteroatoms. The van der Waals surface area contributed by atoms with Gasteiger partial charge in [-0.25, -0.2) is 14.4 Å². The van der Waals surface area contributed by atoms with Crippen LogP contribution in [0.4, 0.5) is 4.79 Å². The first-order chi connectivity index (χ1) is 23.3. The number of carboxylic acid groups (broad SMARTS) is 3. The van der Waals surface area contributed by atoms with E-state index in [1.54, 1.807) is 0 Å². The Hall–Kier alpha value is -4.68. The molecule has 49 heavy (non-hydrogen) atoms. The third-order valence-corrected chi connectivity index (χ3v) is 8.98. The van der Waals surface area contributed by atoms with Gasteiger partial charge in [0.1, 0.15) is 18.1 Å². The Morgan fingerprint density at radius 2 is 1.39 bits per heavy atom. The van der Waals surface area contributed by atoms with Crippen molar-refractivity contribution >= 4 is 46.5 Å². The molecule has 1 saturated carbocycles. The van der Waals surface area contributed by atoms with Crippen molar-refractivity contribution in [3.8, 4) is 0 Å². The van der Waals surface area contributed by atoms with Crippen molar-refractivity contribution in [2.24, 2.45) is 17.8 Å². The van der Waals surface area contributed by atoms with Gasteiger partial charge in [-0.2, -0.15) is 0 Å². The number of rotatable bonds is 19. The van der Waals surface area contributed by atoms with Crippen LogP contribution in [-0.4, -0.2) is 75.7 Å². The Morgan fingerprint density at radius 1 is 0.755 bits per heavy atom. The standard InChI is InChI=1S/C36H50N4O9/c1-22(2)19-23-10-14-26(15-11-23)32(43)38-30(21-24-12-13-25-7-3-4-8-27(25)20-24)33(44)37-18-6-5-9-28(34(45)46)39-36(49)40-29(35(47)48)16-17-31(41)42/h3-4,7-8,12-13,20,22-23,26,28-30H,5-6,9-11,14-19,21H2,1-2H3,(H,37,44)(H,38,43)(H,41,42)(H,45,46)(H,47,48)(H2,39,40,49)/t23?,26?,28-,29-,30-/m0/s1. The SMILES string of the molecule is CC(C)CC1CCC(C(=O)N[C@@H](Cc2ccc3ccccc3c2)C(=O)NCCCC[C@H](NC(=O)N[C@@H](CCC(=O)O)C(=O)O)C(=O)O)CC1. The van der Waals surface area contributed by atoms with Crippen LogP contribution in [0.15, 0.2) is 42.5 Å². The Labute approximate surface area is 286 Å². The van der Waals surface area contributed by atoms with Gasteiger partial charge in [0.25, 0.3) is 0 Å². The first-order valence-electron chi connectivity index (χ1n) is 17.1. The van der Waals surface area contributed by atoms with Gasteiger partial charge in [0.15, 0.2) is 0 Å². The van der Waals surface area contributed by atoms with E-state index in [1.807, 2.05) is 42.5 Å². The molecule has 1 fully saturated rings. The number of unbranched alkanes of at least 4 members (excludes halogenated alkanes) is 1. The number of carbonyl (C=O) groups is 6. The average Bonchev–Trinajstić information content (AvgIpc) is 3.05. The molecule has 4 amide bonds. The Balaban J connectivity index is 1.55. The molecule has 0 saturated heterocycles. The molecule has 7 N–H and O–H groups in total. The predicted molar refractivity (Wildman–Crippen MR) is 183 cm³/mol. The van der Waals surface area contributed by atoms with Crippen LogP contribution in [0.1, 0.15) is 83.6 Å². The fourth-order valence-corrected chi connectivity index (χ4v) is 6.38. The number of fused-ring (bicyclic) bond motifs is 1. The van der Waals surface area contributed by atoms with Crippen molar-refractivity contribution in [3.05, 3.63) is 48.0 Å². The second-order valence-electron chi connectivity index (χ2n) is 13.4. The molecule has 1 aliphatic rings. The van der Waals surface area contributed by atoms with Crippen LogP contribution >= 0.6 is 0 Å². The number of aliphatic carboxylic acids is 3. The summed E-state index contributed by atoms with van der Waals surface area (Å²) >= 11 is 0. The minimum absolute atomic E-state index is 0.00221. The van der Waals surface area contributed by atoms with Gasteiger partial charge in [-0.15, -0.1) is 0 Å². The molecule has 0 spiro atoms. The van der Waals surface area contributed by atoms with Gasteiger partial charge in [0.2, 0.25) is 11.8 Å². The second-order valence-corrected chi connectivity index (χ2v) is 13.4. The summed E-state index contributed by atoms with van der Waals surface area (Å²) in [5.74, 6) is -3.37. The van der Waals surface area contributed by atoms with Crippen molar-refractivity contribution in [1.29, 1.82) is 0 Å². The zero-order valence-corrected chi connectivity index (χ0v) is 28.3. The fraction of sp³-hybridized carbons (Fsp3) is 0.556. The average molecular weight is 683 g/mol. The number of carboxylic acids is 3. The molecular weight excluding hydrogens is 632 g/mol. The van der Waals surface area contributed by atoms with Crippen LogP contribution < -0.4 is 21.3 Å². The Morgan fingerprint density at radius 3 is 2.00 bits per heavy atom. The molecule has 1 aliphatic carbocycles. The highest BCUT2D eigenvalue weighted by atomic mass is 16.4. The van der Waals surface area contributed by atoms with Gasteiger partial charge < -0.3 is 36.6 Å².